The van der Waals surface area contributed by atoms with Crippen molar-refractivity contribution in [3.63, 3.8) is 0 Å². The minimum absolute atomic E-state index is 0.216. The van der Waals surface area contributed by atoms with Crippen LogP contribution in [0.1, 0.15) is 51.5 Å². The molecule has 2 saturated carbocycles. The normalized spacial score (nSPS) is 25.8. The number of rotatable bonds is 5. The Morgan fingerprint density at radius 3 is 2.33 bits per heavy atom. The van der Waals surface area contributed by atoms with Crippen LogP contribution < -0.4 is 0 Å². The monoisotopic (exact) mass is 349 g/mol. The molecule has 0 aromatic heterocycles. The van der Waals surface area contributed by atoms with Gasteiger partial charge in [-0.2, -0.15) is 0 Å². The summed E-state index contributed by atoms with van der Waals surface area (Å²) in [5, 5.41) is 0. The van der Waals surface area contributed by atoms with Gasteiger partial charge in [0.25, 0.3) is 0 Å². The fourth-order valence-electron chi connectivity index (χ4n) is 3.12. The minimum atomic E-state index is 0.216. The zero-order valence-corrected chi connectivity index (χ0v) is 14.6. The van der Waals surface area contributed by atoms with E-state index in [9.17, 15) is 4.79 Å². The molecule has 2 aliphatic rings. The molecular weight excluding hydrogens is 326 g/mol. The Kier molecular flexibility index (Phi) is 4.13. The van der Waals surface area contributed by atoms with E-state index in [1.54, 1.807) is 0 Å². The lowest BCUT2D eigenvalue weighted by Crippen LogP contribution is -2.44. The maximum Gasteiger partial charge on any atom is 0.226 e. The molecule has 21 heavy (non-hydrogen) atoms. The van der Waals surface area contributed by atoms with Gasteiger partial charge in [-0.1, -0.05) is 41.9 Å². The highest BCUT2D eigenvalue weighted by Gasteiger charge is 2.49. The standard InChI is InChI=1S/C18H24BrNO/c1-11(2)12(3)20(15-8-9-15)18(21)17-10-16(17)13-4-6-14(19)7-5-13/h4-7,11-12,15-17H,8-10H2,1-3H3. The van der Waals surface area contributed by atoms with Crippen molar-refractivity contribution in [3.05, 3.63) is 34.3 Å². The quantitative estimate of drug-likeness (QED) is 0.761. The second-order valence-corrected chi connectivity index (χ2v) is 7.88. The van der Waals surface area contributed by atoms with Crippen LogP contribution in [0.15, 0.2) is 28.7 Å². The third kappa shape index (κ3) is 3.18. The molecule has 3 atom stereocenters. The maximum atomic E-state index is 12.9. The van der Waals surface area contributed by atoms with E-state index in [-0.39, 0.29) is 5.92 Å². The molecule has 1 aromatic rings. The minimum Gasteiger partial charge on any atom is -0.336 e. The molecule has 114 valence electrons. The van der Waals surface area contributed by atoms with Crippen molar-refractivity contribution in [3.8, 4) is 0 Å². The lowest BCUT2D eigenvalue weighted by Gasteiger charge is -2.32. The molecule has 0 spiro atoms. The zero-order valence-electron chi connectivity index (χ0n) is 13.1. The fraction of sp³-hybridized carbons (Fsp3) is 0.611. The second kappa shape index (κ2) is 5.75. The van der Waals surface area contributed by atoms with Crippen molar-refractivity contribution in [1.29, 1.82) is 0 Å². The number of halogens is 1. The molecule has 2 nitrogen and oxygen atoms in total. The molecule has 1 aromatic carbocycles. The predicted octanol–water partition coefficient (Wildman–Crippen LogP) is 4.59. The van der Waals surface area contributed by atoms with Gasteiger partial charge in [-0.15, -0.1) is 0 Å². The number of carbonyl (C=O) groups excluding carboxylic acids is 1. The Bertz CT molecular complexity index is 521. The lowest BCUT2D eigenvalue weighted by molar-refractivity contribution is -0.136. The summed E-state index contributed by atoms with van der Waals surface area (Å²) in [5.41, 5.74) is 1.31. The van der Waals surface area contributed by atoms with E-state index in [0.717, 1.165) is 10.9 Å². The number of hydrogen-bond acceptors (Lipinski definition) is 1. The van der Waals surface area contributed by atoms with Gasteiger partial charge in [0.05, 0.1) is 0 Å². The van der Waals surface area contributed by atoms with Gasteiger partial charge < -0.3 is 4.90 Å². The van der Waals surface area contributed by atoms with E-state index in [4.69, 9.17) is 0 Å². The molecule has 0 heterocycles. The Morgan fingerprint density at radius 2 is 1.81 bits per heavy atom. The molecule has 3 unspecified atom stereocenters. The van der Waals surface area contributed by atoms with Gasteiger partial charge in [0.2, 0.25) is 5.91 Å². The first kappa shape index (κ1) is 15.1. The largest absolute Gasteiger partial charge is 0.336 e. The Labute approximate surface area is 136 Å². The molecule has 0 bridgehead atoms. The van der Waals surface area contributed by atoms with Gasteiger partial charge in [-0.25, -0.2) is 0 Å². The van der Waals surface area contributed by atoms with Crippen molar-refractivity contribution >= 4 is 21.8 Å². The third-order valence-corrected chi connectivity index (χ3v) is 5.53. The Morgan fingerprint density at radius 1 is 1.19 bits per heavy atom. The van der Waals surface area contributed by atoms with Crippen LogP contribution in [0, 0.1) is 11.8 Å². The van der Waals surface area contributed by atoms with Crippen molar-refractivity contribution in [1.82, 2.24) is 4.90 Å². The zero-order chi connectivity index (χ0) is 15.1. The number of amides is 1. The van der Waals surface area contributed by atoms with E-state index >= 15 is 0 Å². The van der Waals surface area contributed by atoms with Crippen molar-refractivity contribution < 1.29 is 4.79 Å². The summed E-state index contributed by atoms with van der Waals surface area (Å²) in [6.07, 6.45) is 3.41. The summed E-state index contributed by atoms with van der Waals surface area (Å²) in [6.45, 7) is 6.64. The van der Waals surface area contributed by atoms with Gasteiger partial charge in [0.1, 0.15) is 0 Å². The van der Waals surface area contributed by atoms with Gasteiger partial charge in [0.15, 0.2) is 0 Å². The molecule has 0 saturated heterocycles. The molecule has 0 N–H and O–H groups in total. The average molecular weight is 350 g/mol. The fourth-order valence-corrected chi connectivity index (χ4v) is 3.39. The van der Waals surface area contributed by atoms with Crippen LogP contribution in [0.25, 0.3) is 0 Å². The molecule has 3 heteroatoms. The van der Waals surface area contributed by atoms with Crippen LogP contribution in [-0.2, 0) is 4.79 Å². The van der Waals surface area contributed by atoms with Crippen LogP contribution in [-0.4, -0.2) is 22.9 Å². The molecule has 1 amide bonds. The second-order valence-electron chi connectivity index (χ2n) is 6.96. The van der Waals surface area contributed by atoms with Gasteiger partial charge in [-0.05, 0) is 55.7 Å². The molecule has 3 rings (SSSR count). The molecule has 2 aliphatic carbocycles. The van der Waals surface area contributed by atoms with E-state index in [1.165, 1.54) is 18.4 Å². The van der Waals surface area contributed by atoms with Crippen LogP contribution in [0.3, 0.4) is 0 Å². The molecular formula is C18H24BrNO. The van der Waals surface area contributed by atoms with Gasteiger partial charge >= 0.3 is 0 Å². The Balaban J connectivity index is 1.69. The molecule has 0 aliphatic heterocycles. The summed E-state index contributed by atoms with van der Waals surface area (Å²) in [7, 11) is 0. The number of benzene rings is 1. The van der Waals surface area contributed by atoms with Gasteiger partial charge in [-0.3, -0.25) is 4.79 Å². The average Bonchev–Trinajstić information content (AvgIpc) is 3.33. The van der Waals surface area contributed by atoms with Gasteiger partial charge in [0, 0.05) is 22.5 Å². The van der Waals surface area contributed by atoms with E-state index in [2.05, 4.69) is 65.9 Å². The summed E-state index contributed by atoms with van der Waals surface area (Å²) < 4.78 is 1.10. The highest BCUT2D eigenvalue weighted by Crippen LogP contribution is 2.50. The summed E-state index contributed by atoms with van der Waals surface area (Å²) in [4.78, 5) is 15.1. The first-order valence-electron chi connectivity index (χ1n) is 8.06. The summed E-state index contributed by atoms with van der Waals surface area (Å²) >= 11 is 3.47. The van der Waals surface area contributed by atoms with Crippen molar-refractivity contribution in [2.75, 3.05) is 0 Å². The van der Waals surface area contributed by atoms with Crippen molar-refractivity contribution in [2.45, 2.75) is 58.0 Å². The van der Waals surface area contributed by atoms with E-state index in [1.807, 2.05) is 0 Å². The summed E-state index contributed by atoms with van der Waals surface area (Å²) in [6, 6.07) is 9.32. The summed E-state index contributed by atoms with van der Waals surface area (Å²) in [5.74, 6) is 1.57. The van der Waals surface area contributed by atoms with Crippen molar-refractivity contribution in [2.24, 2.45) is 11.8 Å². The molecule has 0 radical (unpaired) electrons. The highest BCUT2D eigenvalue weighted by molar-refractivity contribution is 9.10. The molecule has 2 fully saturated rings. The van der Waals surface area contributed by atoms with Crippen LogP contribution >= 0.6 is 15.9 Å². The first-order chi connectivity index (χ1) is 9.99. The van der Waals surface area contributed by atoms with E-state index < -0.39 is 0 Å². The number of nitrogens with zero attached hydrogens (tertiary/aromatic N) is 1. The predicted molar refractivity (Wildman–Crippen MR) is 89.2 cm³/mol. The topological polar surface area (TPSA) is 20.3 Å². The first-order valence-corrected chi connectivity index (χ1v) is 8.86. The number of hydrogen-bond donors (Lipinski definition) is 0. The SMILES string of the molecule is CC(C)C(C)N(C(=O)C1CC1c1ccc(Br)cc1)C1CC1. The van der Waals surface area contributed by atoms with Crippen LogP contribution in [0.2, 0.25) is 0 Å². The van der Waals surface area contributed by atoms with E-state index in [0.29, 0.717) is 29.8 Å². The van der Waals surface area contributed by atoms with Crippen LogP contribution in [0.5, 0.6) is 0 Å². The maximum absolute atomic E-state index is 12.9. The smallest absolute Gasteiger partial charge is 0.226 e. The lowest BCUT2D eigenvalue weighted by atomic mass is 10.0. The Hall–Kier alpha value is -0.830. The van der Waals surface area contributed by atoms with Crippen LogP contribution in [0.4, 0.5) is 0 Å². The third-order valence-electron chi connectivity index (χ3n) is 5.00. The highest BCUT2D eigenvalue weighted by atomic mass is 79.9. The number of carbonyl (C=O) groups is 1.